The summed E-state index contributed by atoms with van der Waals surface area (Å²) in [5, 5.41) is 10.9. The zero-order chi connectivity index (χ0) is 15.5. The van der Waals surface area contributed by atoms with Crippen molar-refractivity contribution in [2.24, 2.45) is 0 Å². The first-order valence-electron chi connectivity index (χ1n) is 5.75. The van der Waals surface area contributed by atoms with Gasteiger partial charge in [0.2, 0.25) is 5.82 Å². The Morgan fingerprint density at radius 2 is 2.00 bits per heavy atom. The monoisotopic (exact) mass is 295 g/mol. The Bertz CT molecular complexity index is 626. The molecule has 0 fully saturated rings. The third-order valence-corrected chi connectivity index (χ3v) is 3.11. The van der Waals surface area contributed by atoms with Crippen LogP contribution >= 0.6 is 0 Å². The highest BCUT2D eigenvalue weighted by atomic mass is 28.3. The smallest absolute Gasteiger partial charge is 0.338 e. The number of nitro benzene ring substituents is 1. The summed E-state index contributed by atoms with van der Waals surface area (Å²) in [4.78, 5) is 21.5. The van der Waals surface area contributed by atoms with Crippen molar-refractivity contribution in [1.82, 2.24) is 0 Å². The summed E-state index contributed by atoms with van der Waals surface area (Å²) in [5.41, 5.74) is 1.98. The van der Waals surface area contributed by atoms with Gasteiger partial charge in [-0.15, -0.1) is 5.54 Å². The molecule has 0 saturated carbocycles. The summed E-state index contributed by atoms with van der Waals surface area (Å²) in [5.74, 6) is 0.749. The molecule has 0 saturated heterocycles. The second-order valence-electron chi connectivity index (χ2n) is 5.10. The lowest BCUT2D eigenvalue weighted by Crippen LogP contribution is -2.16. The minimum Gasteiger partial charge on any atom is -0.465 e. The fourth-order valence-electron chi connectivity index (χ4n) is 1.37. The number of hydrogen-bond acceptors (Lipinski definition) is 4. The normalized spacial score (nSPS) is 10.4. The molecule has 20 heavy (non-hydrogen) atoms. The summed E-state index contributed by atoms with van der Waals surface area (Å²) in [6, 6.07) is 1.96. The summed E-state index contributed by atoms with van der Waals surface area (Å²) in [6.45, 7) is 5.85. The van der Waals surface area contributed by atoms with E-state index < -0.39 is 30.5 Å². The lowest BCUT2D eigenvalue weighted by atomic mass is 10.1. The third kappa shape index (κ3) is 3.90. The molecule has 0 aliphatic rings. The van der Waals surface area contributed by atoms with Gasteiger partial charge in [-0.1, -0.05) is 25.6 Å². The van der Waals surface area contributed by atoms with Crippen molar-refractivity contribution in [3.63, 3.8) is 0 Å². The van der Waals surface area contributed by atoms with E-state index in [0.717, 1.165) is 13.2 Å². The van der Waals surface area contributed by atoms with Crippen LogP contribution in [-0.4, -0.2) is 26.1 Å². The number of carbonyl (C=O) groups is 1. The van der Waals surface area contributed by atoms with E-state index in [1.165, 1.54) is 6.07 Å². The van der Waals surface area contributed by atoms with Crippen molar-refractivity contribution in [1.29, 1.82) is 0 Å². The molecule has 0 aromatic heterocycles. The van der Waals surface area contributed by atoms with Crippen molar-refractivity contribution in [3.05, 3.63) is 39.2 Å². The molecule has 0 aliphatic carbocycles. The number of halogens is 1. The Kier molecular flexibility index (Phi) is 4.63. The van der Waals surface area contributed by atoms with E-state index >= 15 is 0 Å². The van der Waals surface area contributed by atoms with Crippen molar-refractivity contribution in [2.75, 3.05) is 7.11 Å². The van der Waals surface area contributed by atoms with Gasteiger partial charge >= 0.3 is 11.7 Å². The largest absolute Gasteiger partial charge is 0.465 e. The maximum Gasteiger partial charge on any atom is 0.338 e. The number of esters is 1. The van der Waals surface area contributed by atoms with E-state index in [-0.39, 0.29) is 11.1 Å². The highest BCUT2D eigenvalue weighted by Crippen LogP contribution is 2.24. The Hall–Kier alpha value is -2.20. The third-order valence-electron chi connectivity index (χ3n) is 2.24. The summed E-state index contributed by atoms with van der Waals surface area (Å²) in [6.07, 6.45) is 0. The number of benzene rings is 1. The van der Waals surface area contributed by atoms with E-state index in [0.29, 0.717) is 0 Å². The molecule has 0 unspecified atom stereocenters. The molecule has 1 aromatic rings. The van der Waals surface area contributed by atoms with Crippen LogP contribution in [0.15, 0.2) is 12.1 Å². The summed E-state index contributed by atoms with van der Waals surface area (Å²) in [7, 11) is -0.642. The lowest BCUT2D eigenvalue weighted by Gasteiger charge is -2.05. The lowest BCUT2D eigenvalue weighted by molar-refractivity contribution is -0.387. The van der Waals surface area contributed by atoms with Crippen LogP contribution in [0.25, 0.3) is 0 Å². The molecule has 0 aliphatic heterocycles. The predicted octanol–water partition coefficient (Wildman–Crippen LogP) is 2.75. The molecule has 0 spiro atoms. The van der Waals surface area contributed by atoms with Crippen LogP contribution < -0.4 is 0 Å². The Labute approximate surface area is 116 Å². The number of methoxy groups -OCH3 is 1. The van der Waals surface area contributed by atoms with E-state index in [4.69, 9.17) is 0 Å². The molecule has 1 aromatic carbocycles. The average Bonchev–Trinajstić information content (AvgIpc) is 2.33. The topological polar surface area (TPSA) is 69.4 Å². The average molecular weight is 295 g/mol. The SMILES string of the molecule is COC(=O)c1cc(F)c([N+](=O)[O-])c(C#C[Si](C)(C)C)c1. The molecular formula is C13H14FNO4Si. The molecule has 0 bridgehead atoms. The van der Waals surface area contributed by atoms with Gasteiger partial charge in [-0.25, -0.2) is 4.79 Å². The van der Waals surface area contributed by atoms with Crippen molar-refractivity contribution >= 4 is 19.7 Å². The number of nitro groups is 1. The van der Waals surface area contributed by atoms with Crippen LogP contribution in [0.2, 0.25) is 19.6 Å². The van der Waals surface area contributed by atoms with Crippen molar-refractivity contribution < 1.29 is 18.8 Å². The van der Waals surface area contributed by atoms with Gasteiger partial charge in [0.15, 0.2) is 0 Å². The van der Waals surface area contributed by atoms with Gasteiger partial charge in [0.1, 0.15) is 13.6 Å². The van der Waals surface area contributed by atoms with Crippen LogP contribution in [0.3, 0.4) is 0 Å². The first kappa shape index (κ1) is 15.9. The summed E-state index contributed by atoms with van der Waals surface area (Å²) < 4.78 is 18.2. The molecule has 0 N–H and O–H groups in total. The van der Waals surface area contributed by atoms with Crippen LogP contribution in [-0.2, 0) is 4.74 Å². The van der Waals surface area contributed by atoms with E-state index in [2.05, 4.69) is 16.2 Å². The van der Waals surface area contributed by atoms with E-state index in [1.54, 1.807) is 0 Å². The van der Waals surface area contributed by atoms with Gasteiger partial charge in [0.25, 0.3) is 0 Å². The number of carbonyl (C=O) groups excluding carboxylic acids is 1. The molecule has 7 heteroatoms. The Balaban J connectivity index is 3.51. The maximum atomic E-state index is 13.8. The molecule has 106 valence electrons. The highest BCUT2D eigenvalue weighted by molar-refractivity contribution is 6.83. The van der Waals surface area contributed by atoms with Crippen LogP contribution in [0.1, 0.15) is 15.9 Å². The van der Waals surface area contributed by atoms with Gasteiger partial charge in [-0.05, 0) is 12.1 Å². The molecule has 0 heterocycles. The zero-order valence-corrected chi connectivity index (χ0v) is 12.6. The van der Waals surface area contributed by atoms with Gasteiger partial charge < -0.3 is 4.74 Å². The van der Waals surface area contributed by atoms with Crippen LogP contribution in [0, 0.1) is 27.4 Å². The molecule has 0 amide bonds. The van der Waals surface area contributed by atoms with Gasteiger partial charge in [-0.2, -0.15) is 4.39 Å². The Morgan fingerprint density at radius 3 is 2.45 bits per heavy atom. The van der Waals surface area contributed by atoms with E-state index in [9.17, 15) is 19.3 Å². The second-order valence-corrected chi connectivity index (χ2v) is 9.85. The fourth-order valence-corrected chi connectivity index (χ4v) is 1.88. The molecule has 0 radical (unpaired) electrons. The highest BCUT2D eigenvalue weighted by Gasteiger charge is 2.23. The van der Waals surface area contributed by atoms with E-state index in [1.807, 2.05) is 19.6 Å². The maximum absolute atomic E-state index is 13.8. The standard InChI is InChI=1S/C13H14FNO4Si/c1-19-13(16)10-7-9(5-6-20(2,3)4)12(15(17)18)11(14)8-10/h7-8H,1-4H3. The van der Waals surface area contributed by atoms with Gasteiger partial charge in [0, 0.05) is 0 Å². The van der Waals surface area contributed by atoms with Gasteiger partial charge in [-0.3, -0.25) is 10.1 Å². The predicted molar refractivity (Wildman–Crippen MR) is 74.6 cm³/mol. The van der Waals surface area contributed by atoms with Crippen LogP contribution in [0.5, 0.6) is 0 Å². The second kappa shape index (κ2) is 5.84. The quantitative estimate of drug-likeness (QED) is 0.276. The van der Waals surface area contributed by atoms with Crippen LogP contribution in [0.4, 0.5) is 10.1 Å². The van der Waals surface area contributed by atoms with Crippen molar-refractivity contribution in [2.45, 2.75) is 19.6 Å². The molecule has 1 rings (SSSR count). The molecule has 0 atom stereocenters. The summed E-state index contributed by atoms with van der Waals surface area (Å²) >= 11 is 0. The number of rotatable bonds is 2. The molecular weight excluding hydrogens is 281 g/mol. The zero-order valence-electron chi connectivity index (χ0n) is 11.6. The number of hydrogen-bond donors (Lipinski definition) is 0. The Morgan fingerprint density at radius 1 is 1.40 bits per heavy atom. The van der Waals surface area contributed by atoms with Gasteiger partial charge in [0.05, 0.1) is 17.6 Å². The first-order valence-corrected chi connectivity index (χ1v) is 9.25. The number of ether oxygens (including phenoxy) is 1. The minimum absolute atomic E-state index is 0.101. The minimum atomic E-state index is -1.79. The number of nitrogens with zero attached hydrogens (tertiary/aromatic N) is 1. The fraction of sp³-hybridized carbons (Fsp3) is 0.308. The van der Waals surface area contributed by atoms with Crippen molar-refractivity contribution in [3.8, 4) is 11.5 Å². The molecule has 5 nitrogen and oxygen atoms in total. The first-order chi connectivity index (χ1) is 9.15.